The number of ether oxygens (including phenoxy) is 1. The quantitative estimate of drug-likeness (QED) is 0.827. The first-order valence-corrected chi connectivity index (χ1v) is 8.17. The largest absolute Gasteiger partial charge is 0.495 e. The number of amides is 1. The fraction of sp³-hybridized carbons (Fsp3) is 0.316. The van der Waals surface area contributed by atoms with E-state index in [4.69, 9.17) is 10.5 Å². The monoisotopic (exact) mass is 325 g/mol. The zero-order chi connectivity index (χ0) is 16.9. The second-order valence-electron chi connectivity index (χ2n) is 6.09. The second kappa shape index (κ2) is 7.25. The molecule has 0 bridgehead atoms. The Morgan fingerprint density at radius 1 is 1.25 bits per heavy atom. The first-order valence-electron chi connectivity index (χ1n) is 8.17. The number of para-hydroxylation sites is 2. The first kappa shape index (κ1) is 16.2. The van der Waals surface area contributed by atoms with Crippen molar-refractivity contribution in [2.75, 3.05) is 30.8 Å². The van der Waals surface area contributed by atoms with Gasteiger partial charge in [0.2, 0.25) is 5.91 Å². The number of nitrogen functional groups attached to an aromatic ring is 1. The van der Waals surface area contributed by atoms with Crippen molar-refractivity contribution in [3.63, 3.8) is 0 Å². The first-order chi connectivity index (χ1) is 11.7. The van der Waals surface area contributed by atoms with Crippen LogP contribution < -0.4 is 20.7 Å². The number of nitrogens with zero attached hydrogens (tertiary/aromatic N) is 1. The van der Waals surface area contributed by atoms with Crippen LogP contribution in [-0.2, 0) is 11.2 Å². The van der Waals surface area contributed by atoms with Crippen LogP contribution in [0, 0.1) is 0 Å². The maximum atomic E-state index is 12.2. The van der Waals surface area contributed by atoms with Gasteiger partial charge in [0.05, 0.1) is 19.2 Å². The van der Waals surface area contributed by atoms with E-state index < -0.39 is 0 Å². The summed E-state index contributed by atoms with van der Waals surface area (Å²) in [6.45, 7) is 1.71. The highest BCUT2D eigenvalue weighted by Gasteiger charge is 2.25. The number of hydrogen-bond donors (Lipinski definition) is 2. The third-order valence-corrected chi connectivity index (χ3v) is 4.32. The van der Waals surface area contributed by atoms with E-state index in [9.17, 15) is 4.79 Å². The van der Waals surface area contributed by atoms with E-state index in [0.717, 1.165) is 36.5 Å². The summed E-state index contributed by atoms with van der Waals surface area (Å²) in [5.41, 5.74) is 8.43. The average Bonchev–Trinajstić information content (AvgIpc) is 3.05. The van der Waals surface area contributed by atoms with E-state index in [2.05, 4.69) is 16.3 Å². The molecule has 0 radical (unpaired) electrons. The predicted octanol–water partition coefficient (Wildman–Crippen LogP) is 2.21. The van der Waals surface area contributed by atoms with Gasteiger partial charge < -0.3 is 20.7 Å². The van der Waals surface area contributed by atoms with E-state index in [1.165, 1.54) is 0 Å². The van der Waals surface area contributed by atoms with Gasteiger partial charge >= 0.3 is 0 Å². The van der Waals surface area contributed by atoms with Crippen LogP contribution in [-0.4, -0.2) is 32.1 Å². The molecule has 2 aromatic rings. The van der Waals surface area contributed by atoms with Crippen molar-refractivity contribution < 1.29 is 9.53 Å². The summed E-state index contributed by atoms with van der Waals surface area (Å²) in [6.07, 6.45) is 1.32. The minimum absolute atomic E-state index is 0.0478. The summed E-state index contributed by atoms with van der Waals surface area (Å²) >= 11 is 0. The van der Waals surface area contributed by atoms with Crippen molar-refractivity contribution in [1.82, 2.24) is 5.32 Å². The van der Waals surface area contributed by atoms with Crippen molar-refractivity contribution >= 4 is 17.3 Å². The smallest absolute Gasteiger partial charge is 0.224 e. The molecule has 1 unspecified atom stereocenters. The van der Waals surface area contributed by atoms with Gasteiger partial charge in [-0.3, -0.25) is 4.79 Å². The lowest BCUT2D eigenvalue weighted by Gasteiger charge is -2.21. The van der Waals surface area contributed by atoms with Crippen molar-refractivity contribution in [3.8, 4) is 5.75 Å². The third kappa shape index (κ3) is 3.79. The Morgan fingerprint density at radius 3 is 2.75 bits per heavy atom. The number of hydrogen-bond acceptors (Lipinski definition) is 4. The number of anilines is 2. The Bertz CT molecular complexity index is 700. The van der Waals surface area contributed by atoms with Crippen molar-refractivity contribution in [2.45, 2.75) is 18.9 Å². The molecule has 126 valence electrons. The highest BCUT2D eigenvalue weighted by atomic mass is 16.5. The summed E-state index contributed by atoms with van der Waals surface area (Å²) in [4.78, 5) is 14.5. The normalized spacial score (nSPS) is 16.9. The lowest BCUT2D eigenvalue weighted by Crippen LogP contribution is -2.38. The molecule has 2 aromatic carbocycles. The summed E-state index contributed by atoms with van der Waals surface area (Å²) < 4.78 is 5.42. The SMILES string of the molecule is COc1ccccc1N1CCC(NC(=O)Cc2ccc(N)cc2)C1. The number of nitrogens with two attached hydrogens (primary N) is 1. The second-order valence-corrected chi connectivity index (χ2v) is 6.09. The van der Waals surface area contributed by atoms with Gasteiger partial charge in [0, 0.05) is 24.8 Å². The minimum atomic E-state index is 0.0478. The highest BCUT2D eigenvalue weighted by molar-refractivity contribution is 5.79. The number of benzene rings is 2. The maximum Gasteiger partial charge on any atom is 0.224 e. The van der Waals surface area contributed by atoms with Crippen LogP contribution >= 0.6 is 0 Å². The Morgan fingerprint density at radius 2 is 2.00 bits per heavy atom. The van der Waals surface area contributed by atoms with E-state index in [0.29, 0.717) is 12.1 Å². The molecule has 1 saturated heterocycles. The van der Waals surface area contributed by atoms with Gasteiger partial charge in [0.1, 0.15) is 5.75 Å². The van der Waals surface area contributed by atoms with E-state index >= 15 is 0 Å². The van der Waals surface area contributed by atoms with E-state index in [1.807, 2.05) is 42.5 Å². The third-order valence-electron chi connectivity index (χ3n) is 4.32. The molecule has 0 spiro atoms. The molecule has 1 amide bonds. The molecule has 0 aliphatic carbocycles. The standard InChI is InChI=1S/C19H23N3O2/c1-24-18-5-3-2-4-17(18)22-11-10-16(13-22)21-19(23)12-14-6-8-15(20)9-7-14/h2-9,16H,10-13,20H2,1H3,(H,21,23). The van der Waals surface area contributed by atoms with Crippen LogP contribution in [0.2, 0.25) is 0 Å². The molecule has 1 aliphatic rings. The van der Waals surface area contributed by atoms with E-state index in [-0.39, 0.29) is 11.9 Å². The number of rotatable bonds is 5. The molecule has 1 aliphatic heterocycles. The number of carbonyl (C=O) groups is 1. The Balaban J connectivity index is 1.56. The van der Waals surface area contributed by atoms with Gasteiger partial charge in [-0.05, 0) is 36.2 Å². The molecule has 5 heteroatoms. The zero-order valence-corrected chi connectivity index (χ0v) is 13.9. The Labute approximate surface area is 142 Å². The number of nitrogens with one attached hydrogen (secondary N) is 1. The summed E-state index contributed by atoms with van der Waals surface area (Å²) in [7, 11) is 1.68. The van der Waals surface area contributed by atoms with Gasteiger partial charge in [-0.1, -0.05) is 24.3 Å². The molecular weight excluding hydrogens is 302 g/mol. The minimum Gasteiger partial charge on any atom is -0.495 e. The zero-order valence-electron chi connectivity index (χ0n) is 13.9. The van der Waals surface area contributed by atoms with Crippen molar-refractivity contribution in [1.29, 1.82) is 0 Å². The molecule has 3 N–H and O–H groups in total. The average molecular weight is 325 g/mol. The molecular formula is C19H23N3O2. The Hall–Kier alpha value is -2.69. The van der Waals surface area contributed by atoms with Crippen molar-refractivity contribution in [3.05, 3.63) is 54.1 Å². The molecule has 1 atom stereocenters. The van der Waals surface area contributed by atoms with Gasteiger partial charge in [0.25, 0.3) is 0 Å². The van der Waals surface area contributed by atoms with Gasteiger partial charge in [0.15, 0.2) is 0 Å². The van der Waals surface area contributed by atoms with Crippen LogP contribution in [0.25, 0.3) is 0 Å². The molecule has 1 heterocycles. The van der Waals surface area contributed by atoms with Crippen LogP contribution in [0.4, 0.5) is 11.4 Å². The molecule has 1 fully saturated rings. The van der Waals surface area contributed by atoms with Gasteiger partial charge in [-0.2, -0.15) is 0 Å². The highest BCUT2D eigenvalue weighted by Crippen LogP contribution is 2.30. The molecule has 3 rings (SSSR count). The van der Waals surface area contributed by atoms with E-state index in [1.54, 1.807) is 7.11 Å². The fourth-order valence-corrected chi connectivity index (χ4v) is 3.09. The molecule has 0 saturated carbocycles. The number of methoxy groups -OCH3 is 1. The number of carbonyl (C=O) groups excluding carboxylic acids is 1. The van der Waals surface area contributed by atoms with Crippen LogP contribution in [0.3, 0.4) is 0 Å². The maximum absolute atomic E-state index is 12.2. The van der Waals surface area contributed by atoms with Gasteiger partial charge in [-0.25, -0.2) is 0 Å². The predicted molar refractivity (Wildman–Crippen MR) is 96.3 cm³/mol. The summed E-state index contributed by atoms with van der Waals surface area (Å²) in [5.74, 6) is 0.915. The Kier molecular flexibility index (Phi) is 4.89. The molecule has 24 heavy (non-hydrogen) atoms. The molecule has 0 aromatic heterocycles. The summed E-state index contributed by atoms with van der Waals surface area (Å²) in [6, 6.07) is 15.6. The topological polar surface area (TPSA) is 67.6 Å². The van der Waals surface area contributed by atoms with Gasteiger partial charge in [-0.15, -0.1) is 0 Å². The van der Waals surface area contributed by atoms with Crippen LogP contribution in [0.5, 0.6) is 5.75 Å². The lowest BCUT2D eigenvalue weighted by molar-refractivity contribution is -0.121. The lowest BCUT2D eigenvalue weighted by atomic mass is 10.1. The van der Waals surface area contributed by atoms with Crippen molar-refractivity contribution in [2.24, 2.45) is 0 Å². The van der Waals surface area contributed by atoms with Crippen LogP contribution in [0.1, 0.15) is 12.0 Å². The summed E-state index contributed by atoms with van der Waals surface area (Å²) in [5, 5.41) is 3.13. The van der Waals surface area contributed by atoms with Crippen LogP contribution in [0.15, 0.2) is 48.5 Å². The molecule has 5 nitrogen and oxygen atoms in total. The fourth-order valence-electron chi connectivity index (χ4n) is 3.09.